The van der Waals surface area contributed by atoms with Crippen LogP contribution in [0.3, 0.4) is 0 Å². The smallest absolute Gasteiger partial charge is 0.422 e. The summed E-state index contributed by atoms with van der Waals surface area (Å²) < 4.78 is 83.1. The number of anilines is 2. The van der Waals surface area contributed by atoms with E-state index in [0.29, 0.717) is 11.3 Å². The number of benzene rings is 1. The van der Waals surface area contributed by atoms with Crippen LogP contribution in [0.2, 0.25) is 0 Å². The highest BCUT2D eigenvalue weighted by atomic mass is 19.4. The third-order valence-electron chi connectivity index (χ3n) is 3.43. The third-order valence-corrected chi connectivity index (χ3v) is 3.43. The first-order chi connectivity index (χ1) is 13.3. The normalized spacial score (nSPS) is 11.9. The summed E-state index contributed by atoms with van der Waals surface area (Å²) in [6, 6.07) is 2.04. The molecule has 0 saturated carbocycles. The molecule has 0 unspecified atom stereocenters. The first-order valence-corrected chi connectivity index (χ1v) is 7.96. The molecule has 1 aromatic heterocycles. The molecule has 0 aliphatic heterocycles. The second-order valence-electron chi connectivity index (χ2n) is 5.90. The van der Waals surface area contributed by atoms with Gasteiger partial charge in [0, 0.05) is 35.1 Å². The van der Waals surface area contributed by atoms with Crippen LogP contribution in [0.15, 0.2) is 18.2 Å². The molecule has 2 amide bonds. The van der Waals surface area contributed by atoms with Gasteiger partial charge < -0.3 is 14.8 Å². The molecule has 0 radical (unpaired) electrons. The molecule has 2 rings (SSSR count). The third kappa shape index (κ3) is 7.43. The van der Waals surface area contributed by atoms with Gasteiger partial charge in [0.15, 0.2) is 19.0 Å². The number of carbonyl (C=O) groups is 1. The molecule has 0 spiro atoms. The van der Waals surface area contributed by atoms with Crippen molar-refractivity contribution in [2.75, 3.05) is 23.8 Å². The number of alkyl halides is 6. The second kappa shape index (κ2) is 8.49. The number of urea groups is 1. The number of aromatic amines is 1. The molecule has 7 nitrogen and oxygen atoms in total. The molecular weight excluding hydrogens is 410 g/mol. The lowest BCUT2D eigenvalue weighted by Crippen LogP contribution is -2.22. The minimum absolute atomic E-state index is 0.149. The molecule has 29 heavy (non-hydrogen) atoms. The number of rotatable bonds is 6. The molecule has 2 aromatic rings. The van der Waals surface area contributed by atoms with Gasteiger partial charge in [-0.15, -0.1) is 0 Å². The fourth-order valence-electron chi connectivity index (χ4n) is 2.02. The predicted octanol–water partition coefficient (Wildman–Crippen LogP) is 4.55. The fraction of sp³-hybridized carbons (Fsp3) is 0.375. The van der Waals surface area contributed by atoms with Gasteiger partial charge >= 0.3 is 18.4 Å². The first-order valence-electron chi connectivity index (χ1n) is 7.96. The number of halogens is 6. The minimum Gasteiger partial charge on any atom is -0.484 e. The quantitative estimate of drug-likeness (QED) is 0.592. The van der Waals surface area contributed by atoms with Crippen LogP contribution in [0.25, 0.3) is 0 Å². The van der Waals surface area contributed by atoms with Crippen molar-refractivity contribution in [2.45, 2.75) is 26.2 Å². The molecule has 0 saturated heterocycles. The van der Waals surface area contributed by atoms with Crippen molar-refractivity contribution >= 4 is 17.5 Å². The summed E-state index contributed by atoms with van der Waals surface area (Å²) in [5.41, 5.74) is 1.20. The molecule has 0 aliphatic carbocycles. The lowest BCUT2D eigenvalue weighted by molar-refractivity contribution is -0.153. The van der Waals surface area contributed by atoms with E-state index in [1.54, 1.807) is 13.8 Å². The Morgan fingerprint density at radius 1 is 0.966 bits per heavy atom. The van der Waals surface area contributed by atoms with E-state index in [9.17, 15) is 31.1 Å². The number of ether oxygens (including phenoxy) is 2. The highest BCUT2D eigenvalue weighted by Crippen LogP contribution is 2.29. The van der Waals surface area contributed by atoms with Crippen molar-refractivity contribution in [1.82, 2.24) is 10.2 Å². The lowest BCUT2D eigenvalue weighted by atomic mass is 10.2. The summed E-state index contributed by atoms with van der Waals surface area (Å²) >= 11 is 0. The minimum atomic E-state index is -4.66. The summed E-state index contributed by atoms with van der Waals surface area (Å²) in [4.78, 5) is 12.1. The van der Waals surface area contributed by atoms with E-state index in [1.165, 1.54) is 0 Å². The Bertz CT molecular complexity index is 827. The van der Waals surface area contributed by atoms with Crippen molar-refractivity contribution in [3.8, 4) is 11.5 Å². The van der Waals surface area contributed by atoms with Crippen LogP contribution in [0, 0.1) is 13.8 Å². The highest BCUT2D eigenvalue weighted by molar-refractivity contribution is 5.99. The largest absolute Gasteiger partial charge is 0.484 e. The van der Waals surface area contributed by atoms with Crippen molar-refractivity contribution < 1.29 is 40.6 Å². The lowest BCUT2D eigenvalue weighted by Gasteiger charge is -2.15. The van der Waals surface area contributed by atoms with Gasteiger partial charge in [0.05, 0.1) is 0 Å². The van der Waals surface area contributed by atoms with Gasteiger partial charge in [-0.1, -0.05) is 0 Å². The zero-order valence-electron chi connectivity index (χ0n) is 15.1. The molecule has 0 bridgehead atoms. The number of H-pyrrole nitrogens is 1. The van der Waals surface area contributed by atoms with Crippen molar-refractivity contribution in [3.05, 3.63) is 29.5 Å². The summed E-state index contributed by atoms with van der Waals surface area (Å²) in [5.74, 6) is -0.675. The molecular formula is C16H16F6N4O3. The van der Waals surface area contributed by atoms with Gasteiger partial charge in [0.1, 0.15) is 11.5 Å². The van der Waals surface area contributed by atoms with Crippen LogP contribution in [0.1, 0.15) is 11.3 Å². The predicted molar refractivity (Wildman–Crippen MR) is 90.2 cm³/mol. The Morgan fingerprint density at radius 3 is 1.90 bits per heavy atom. The van der Waals surface area contributed by atoms with Crippen LogP contribution in [-0.2, 0) is 0 Å². The van der Waals surface area contributed by atoms with Gasteiger partial charge in [0.2, 0.25) is 0 Å². The van der Waals surface area contributed by atoms with E-state index in [2.05, 4.69) is 30.3 Å². The molecule has 0 fully saturated rings. The second-order valence-corrected chi connectivity index (χ2v) is 5.90. The number of carbonyl (C=O) groups excluding carboxylic acids is 1. The number of amides is 2. The van der Waals surface area contributed by atoms with Crippen LogP contribution in [0.4, 0.5) is 42.6 Å². The van der Waals surface area contributed by atoms with Crippen LogP contribution < -0.4 is 20.1 Å². The SMILES string of the molecule is Cc1[nH]nc(NC(=O)Nc2cc(OCC(F)(F)F)cc(OCC(F)(F)F)c2)c1C. The average Bonchev–Trinajstić information content (AvgIpc) is 2.89. The fourth-order valence-corrected chi connectivity index (χ4v) is 2.02. The molecule has 3 N–H and O–H groups in total. The van der Waals surface area contributed by atoms with Crippen molar-refractivity contribution in [3.63, 3.8) is 0 Å². The van der Waals surface area contributed by atoms with Gasteiger partial charge in [-0.2, -0.15) is 31.4 Å². The van der Waals surface area contributed by atoms with Crippen LogP contribution >= 0.6 is 0 Å². The maximum Gasteiger partial charge on any atom is 0.422 e. The van der Waals surface area contributed by atoms with E-state index in [4.69, 9.17) is 0 Å². The van der Waals surface area contributed by atoms with Gasteiger partial charge in [-0.3, -0.25) is 10.4 Å². The van der Waals surface area contributed by atoms with Crippen LogP contribution in [0.5, 0.6) is 11.5 Å². The maximum absolute atomic E-state index is 12.3. The Morgan fingerprint density at radius 2 is 1.48 bits per heavy atom. The summed E-state index contributed by atoms with van der Waals surface area (Å²) in [6.45, 7) is 0.0560. The Kier molecular flexibility index (Phi) is 6.49. The molecule has 13 heteroatoms. The number of nitrogens with zero attached hydrogens (tertiary/aromatic N) is 1. The highest BCUT2D eigenvalue weighted by Gasteiger charge is 2.30. The number of aryl methyl sites for hydroxylation is 1. The molecule has 1 heterocycles. The molecule has 1 aromatic carbocycles. The number of hydrogen-bond acceptors (Lipinski definition) is 4. The maximum atomic E-state index is 12.3. The Labute approximate surface area is 160 Å². The Hall–Kier alpha value is -3.12. The Balaban J connectivity index is 2.16. The van der Waals surface area contributed by atoms with Gasteiger partial charge in [-0.25, -0.2) is 4.79 Å². The average molecular weight is 426 g/mol. The standard InChI is InChI=1S/C16H16F6N4O3/c1-8-9(2)25-26-13(8)24-14(27)23-10-3-11(28-6-15(17,18)19)5-12(4-10)29-7-16(20,21)22/h3-5H,6-7H2,1-2H3,(H3,23,24,25,26,27). The molecule has 160 valence electrons. The van der Waals surface area contributed by atoms with E-state index >= 15 is 0 Å². The van der Waals surface area contributed by atoms with E-state index in [-0.39, 0.29) is 11.5 Å². The van der Waals surface area contributed by atoms with E-state index in [1.807, 2.05) is 0 Å². The monoisotopic (exact) mass is 426 g/mol. The van der Waals surface area contributed by atoms with Crippen molar-refractivity contribution in [1.29, 1.82) is 0 Å². The summed E-state index contributed by atoms with van der Waals surface area (Å²) in [7, 11) is 0. The summed E-state index contributed by atoms with van der Waals surface area (Å²) in [5, 5.41) is 11.2. The van der Waals surface area contributed by atoms with Gasteiger partial charge in [0.25, 0.3) is 0 Å². The number of hydrogen-bond donors (Lipinski definition) is 3. The van der Waals surface area contributed by atoms with Crippen molar-refractivity contribution in [2.24, 2.45) is 0 Å². The van der Waals surface area contributed by atoms with E-state index in [0.717, 1.165) is 18.2 Å². The topological polar surface area (TPSA) is 88.3 Å². The van der Waals surface area contributed by atoms with Gasteiger partial charge in [-0.05, 0) is 13.8 Å². The number of aromatic nitrogens is 2. The zero-order valence-corrected chi connectivity index (χ0v) is 15.1. The first kappa shape index (κ1) is 22.2. The molecule has 0 aliphatic rings. The number of nitrogens with one attached hydrogen (secondary N) is 3. The summed E-state index contributed by atoms with van der Waals surface area (Å²) in [6.07, 6.45) is -9.33. The zero-order chi connectivity index (χ0) is 21.8. The molecule has 0 atom stereocenters. The van der Waals surface area contributed by atoms with E-state index < -0.39 is 43.1 Å². The van der Waals surface area contributed by atoms with Crippen LogP contribution in [-0.4, -0.2) is 41.8 Å².